The van der Waals surface area contributed by atoms with Crippen LogP contribution in [0.3, 0.4) is 0 Å². The van der Waals surface area contributed by atoms with Crippen LogP contribution in [-0.4, -0.2) is 60.1 Å². The zero-order valence-electron chi connectivity index (χ0n) is 13.2. The predicted octanol–water partition coefficient (Wildman–Crippen LogP) is 1.89. The van der Waals surface area contributed by atoms with Gasteiger partial charge in [-0.1, -0.05) is 0 Å². The van der Waals surface area contributed by atoms with Gasteiger partial charge in [-0.15, -0.1) is 0 Å². The zero-order chi connectivity index (χ0) is 14.4. The van der Waals surface area contributed by atoms with E-state index >= 15 is 0 Å². The van der Waals surface area contributed by atoms with Gasteiger partial charge in [0.1, 0.15) is 6.61 Å². The van der Waals surface area contributed by atoms with Crippen molar-refractivity contribution in [3.05, 3.63) is 0 Å². The van der Waals surface area contributed by atoms with Crippen molar-refractivity contribution in [1.82, 2.24) is 9.80 Å². The number of hydrogen-bond donors (Lipinski definition) is 0. The van der Waals surface area contributed by atoms with E-state index in [9.17, 15) is 4.79 Å². The molecular weight excluding hydrogens is 264 g/mol. The average Bonchev–Trinajstić information content (AvgIpc) is 3.37. The molecule has 1 atom stereocenters. The fraction of sp³-hybridized carbons (Fsp3) is 0.941. The van der Waals surface area contributed by atoms with Crippen molar-refractivity contribution in [2.24, 2.45) is 11.8 Å². The Morgan fingerprint density at radius 1 is 1.10 bits per heavy atom. The summed E-state index contributed by atoms with van der Waals surface area (Å²) in [7, 11) is 0. The van der Waals surface area contributed by atoms with Crippen LogP contribution in [0, 0.1) is 11.8 Å². The van der Waals surface area contributed by atoms with Crippen molar-refractivity contribution in [3.8, 4) is 0 Å². The van der Waals surface area contributed by atoms with Gasteiger partial charge in [-0.2, -0.15) is 0 Å². The zero-order valence-corrected chi connectivity index (χ0v) is 13.2. The summed E-state index contributed by atoms with van der Waals surface area (Å²) in [5, 5.41) is 0. The Hall–Kier alpha value is -0.610. The van der Waals surface area contributed by atoms with E-state index in [-0.39, 0.29) is 17.6 Å². The van der Waals surface area contributed by atoms with Gasteiger partial charge in [-0.05, 0) is 57.3 Å². The maximum absolute atomic E-state index is 12.2. The summed E-state index contributed by atoms with van der Waals surface area (Å²) >= 11 is 0. The van der Waals surface area contributed by atoms with Gasteiger partial charge in [0.15, 0.2) is 0 Å². The van der Waals surface area contributed by atoms with Gasteiger partial charge in [0.05, 0.1) is 11.6 Å². The first-order valence-corrected chi connectivity index (χ1v) is 8.82. The summed E-state index contributed by atoms with van der Waals surface area (Å²) in [6.45, 7) is 7.07. The van der Waals surface area contributed by atoms with E-state index in [0.29, 0.717) is 6.61 Å². The minimum Gasteiger partial charge on any atom is -0.363 e. The molecule has 2 aliphatic heterocycles. The summed E-state index contributed by atoms with van der Waals surface area (Å²) in [4.78, 5) is 17.0. The van der Waals surface area contributed by atoms with Gasteiger partial charge in [-0.25, -0.2) is 0 Å². The van der Waals surface area contributed by atoms with E-state index in [0.717, 1.165) is 44.3 Å². The number of hydrogen-bond acceptors (Lipinski definition) is 3. The van der Waals surface area contributed by atoms with Crippen LogP contribution in [0.5, 0.6) is 0 Å². The lowest BCUT2D eigenvalue weighted by molar-refractivity contribution is -0.187. The molecule has 4 nitrogen and oxygen atoms in total. The first-order valence-electron chi connectivity index (χ1n) is 8.82. The third kappa shape index (κ3) is 2.85. The lowest BCUT2D eigenvalue weighted by Gasteiger charge is -2.51. The lowest BCUT2D eigenvalue weighted by Crippen LogP contribution is -2.64. The first kappa shape index (κ1) is 14.0. The van der Waals surface area contributed by atoms with Crippen LogP contribution in [0.1, 0.15) is 45.4 Å². The maximum Gasteiger partial charge on any atom is 0.248 e. The summed E-state index contributed by atoms with van der Waals surface area (Å²) in [6, 6.07) is 0.252. The van der Waals surface area contributed by atoms with Gasteiger partial charge in [0.2, 0.25) is 5.91 Å². The molecule has 1 spiro atoms. The number of amides is 1. The van der Waals surface area contributed by atoms with E-state index < -0.39 is 0 Å². The topological polar surface area (TPSA) is 32.8 Å². The SMILES string of the molecule is CC1N(CC2CC2)C(=O)COC12CCN(CC1CC1)CC2. The van der Waals surface area contributed by atoms with Crippen LogP contribution in [-0.2, 0) is 9.53 Å². The molecule has 2 heterocycles. The first-order chi connectivity index (χ1) is 10.2. The normalized spacial score (nSPS) is 33.7. The van der Waals surface area contributed by atoms with Crippen LogP contribution in [0.4, 0.5) is 0 Å². The molecule has 0 aromatic carbocycles. The number of likely N-dealkylation sites (tertiary alicyclic amines) is 1. The molecule has 0 bridgehead atoms. The standard InChI is InChI=1S/C17H28N2O2/c1-13-17(6-8-18(9-7-17)10-14-2-3-14)21-12-16(20)19(13)11-15-4-5-15/h13-15H,2-12H2,1H3. The molecule has 2 saturated carbocycles. The second-order valence-corrected chi connectivity index (χ2v) is 7.76. The number of morpholine rings is 1. The number of piperidine rings is 1. The van der Waals surface area contributed by atoms with Gasteiger partial charge < -0.3 is 14.5 Å². The smallest absolute Gasteiger partial charge is 0.248 e. The number of carbonyl (C=O) groups excluding carboxylic acids is 1. The highest BCUT2D eigenvalue weighted by atomic mass is 16.5. The van der Waals surface area contributed by atoms with E-state index in [1.54, 1.807) is 0 Å². The predicted molar refractivity (Wildman–Crippen MR) is 81.0 cm³/mol. The highest BCUT2D eigenvalue weighted by Crippen LogP contribution is 2.39. The lowest BCUT2D eigenvalue weighted by atomic mass is 9.82. The number of carbonyl (C=O) groups is 1. The number of rotatable bonds is 4. The summed E-state index contributed by atoms with van der Waals surface area (Å²) < 4.78 is 6.11. The van der Waals surface area contributed by atoms with E-state index in [2.05, 4.69) is 16.7 Å². The molecule has 4 fully saturated rings. The molecule has 4 heteroatoms. The quantitative estimate of drug-likeness (QED) is 0.793. The van der Waals surface area contributed by atoms with Crippen molar-refractivity contribution < 1.29 is 9.53 Å². The molecule has 0 radical (unpaired) electrons. The fourth-order valence-corrected chi connectivity index (χ4v) is 4.09. The second-order valence-electron chi connectivity index (χ2n) is 7.76. The Bertz CT molecular complexity index is 409. The van der Waals surface area contributed by atoms with E-state index in [1.807, 2.05) is 0 Å². The Balaban J connectivity index is 1.40. The maximum atomic E-state index is 12.2. The highest BCUT2D eigenvalue weighted by Gasteiger charge is 2.48. The van der Waals surface area contributed by atoms with Crippen LogP contribution >= 0.6 is 0 Å². The van der Waals surface area contributed by atoms with E-state index in [1.165, 1.54) is 32.2 Å². The van der Waals surface area contributed by atoms with Crippen molar-refractivity contribution in [1.29, 1.82) is 0 Å². The fourth-order valence-electron chi connectivity index (χ4n) is 4.09. The number of nitrogens with zero attached hydrogens (tertiary/aromatic N) is 2. The molecule has 1 unspecified atom stereocenters. The number of ether oxygens (including phenoxy) is 1. The molecular formula is C17H28N2O2. The molecule has 1 amide bonds. The monoisotopic (exact) mass is 292 g/mol. The van der Waals surface area contributed by atoms with Crippen LogP contribution in [0.15, 0.2) is 0 Å². The third-order valence-corrected chi connectivity index (χ3v) is 6.10. The van der Waals surface area contributed by atoms with Crippen molar-refractivity contribution in [2.45, 2.75) is 57.1 Å². The van der Waals surface area contributed by atoms with Crippen LogP contribution in [0.25, 0.3) is 0 Å². The molecule has 0 N–H and O–H groups in total. The van der Waals surface area contributed by atoms with Crippen molar-refractivity contribution in [3.63, 3.8) is 0 Å². The van der Waals surface area contributed by atoms with Gasteiger partial charge in [0, 0.05) is 26.2 Å². The average molecular weight is 292 g/mol. The Morgan fingerprint density at radius 2 is 1.71 bits per heavy atom. The highest BCUT2D eigenvalue weighted by molar-refractivity contribution is 5.78. The largest absolute Gasteiger partial charge is 0.363 e. The third-order valence-electron chi connectivity index (χ3n) is 6.10. The Kier molecular flexibility index (Phi) is 3.49. The summed E-state index contributed by atoms with van der Waals surface area (Å²) in [6.07, 6.45) is 7.65. The van der Waals surface area contributed by atoms with Gasteiger partial charge in [0.25, 0.3) is 0 Å². The summed E-state index contributed by atoms with van der Waals surface area (Å²) in [5.74, 6) is 1.94. The molecule has 0 aromatic rings. The molecule has 2 saturated heterocycles. The minimum atomic E-state index is -0.0666. The molecule has 4 aliphatic rings. The van der Waals surface area contributed by atoms with Gasteiger partial charge >= 0.3 is 0 Å². The van der Waals surface area contributed by atoms with Crippen molar-refractivity contribution >= 4 is 5.91 Å². The minimum absolute atomic E-state index is 0.0666. The molecule has 2 aliphatic carbocycles. The molecule has 0 aromatic heterocycles. The second kappa shape index (κ2) is 5.24. The van der Waals surface area contributed by atoms with E-state index in [4.69, 9.17) is 4.74 Å². The summed E-state index contributed by atoms with van der Waals surface area (Å²) in [5.41, 5.74) is -0.0666. The van der Waals surface area contributed by atoms with Crippen LogP contribution < -0.4 is 0 Å². The Morgan fingerprint density at radius 3 is 2.33 bits per heavy atom. The molecule has 118 valence electrons. The van der Waals surface area contributed by atoms with Gasteiger partial charge in [-0.3, -0.25) is 4.79 Å². The molecule has 4 rings (SSSR count). The van der Waals surface area contributed by atoms with Crippen molar-refractivity contribution in [2.75, 3.05) is 32.8 Å². The molecule has 21 heavy (non-hydrogen) atoms. The van der Waals surface area contributed by atoms with Crippen LogP contribution in [0.2, 0.25) is 0 Å². The Labute approximate surface area is 127 Å².